The minimum atomic E-state index is -3.32. The van der Waals surface area contributed by atoms with Gasteiger partial charge in [0.05, 0.1) is 12.4 Å². The molecule has 1 rings (SSSR count). The summed E-state index contributed by atoms with van der Waals surface area (Å²) < 4.78 is 26.5. The van der Waals surface area contributed by atoms with Gasteiger partial charge in [0.1, 0.15) is 0 Å². The van der Waals surface area contributed by atoms with Gasteiger partial charge in [-0.25, -0.2) is 8.42 Å². The van der Waals surface area contributed by atoms with Crippen molar-refractivity contribution in [1.82, 2.24) is 4.90 Å². The summed E-state index contributed by atoms with van der Waals surface area (Å²) in [7, 11) is 3.52. The fourth-order valence-electron chi connectivity index (χ4n) is 1.95. The molecule has 0 aliphatic carbocycles. The third kappa shape index (κ3) is 5.70. The van der Waals surface area contributed by atoms with E-state index in [2.05, 4.69) is 4.90 Å². The first-order chi connectivity index (χ1) is 7.01. The molecule has 1 unspecified atom stereocenters. The SMILES string of the molecule is COCC1CCN(CCCS(=O)(=O)Cl)C1. The molecule has 0 N–H and O–H groups in total. The minimum absolute atomic E-state index is 0.0694. The maximum Gasteiger partial charge on any atom is 0.232 e. The molecule has 0 aromatic heterocycles. The smallest absolute Gasteiger partial charge is 0.232 e. The fourth-order valence-corrected chi connectivity index (χ4v) is 2.75. The van der Waals surface area contributed by atoms with Crippen molar-refractivity contribution in [2.24, 2.45) is 5.92 Å². The molecule has 4 nitrogen and oxygen atoms in total. The van der Waals surface area contributed by atoms with Crippen LogP contribution in [-0.2, 0) is 13.8 Å². The molecule has 90 valence electrons. The summed E-state index contributed by atoms with van der Waals surface area (Å²) >= 11 is 0. The van der Waals surface area contributed by atoms with Gasteiger partial charge >= 0.3 is 0 Å². The first-order valence-corrected chi connectivity index (χ1v) is 7.63. The highest BCUT2D eigenvalue weighted by molar-refractivity contribution is 8.13. The standard InChI is InChI=1S/C9H18ClNO3S/c1-14-8-9-3-5-11(7-9)4-2-6-15(10,12)13/h9H,2-8H2,1H3. The van der Waals surface area contributed by atoms with Crippen molar-refractivity contribution in [1.29, 1.82) is 0 Å². The van der Waals surface area contributed by atoms with Gasteiger partial charge in [-0.05, 0) is 31.8 Å². The average molecular weight is 256 g/mol. The van der Waals surface area contributed by atoms with Crippen LogP contribution in [0.3, 0.4) is 0 Å². The number of hydrogen-bond donors (Lipinski definition) is 0. The highest BCUT2D eigenvalue weighted by Gasteiger charge is 2.21. The van der Waals surface area contributed by atoms with Crippen LogP contribution >= 0.6 is 10.7 Å². The Bertz CT molecular complexity index is 281. The lowest BCUT2D eigenvalue weighted by Gasteiger charge is -2.14. The van der Waals surface area contributed by atoms with Crippen LogP contribution in [0.5, 0.6) is 0 Å². The number of likely N-dealkylation sites (tertiary alicyclic amines) is 1. The predicted octanol–water partition coefficient (Wildman–Crippen LogP) is 0.913. The molecule has 0 bridgehead atoms. The summed E-state index contributed by atoms with van der Waals surface area (Å²) in [4.78, 5) is 2.27. The Labute approximate surface area is 96.0 Å². The number of ether oxygens (including phenoxy) is 1. The van der Waals surface area contributed by atoms with E-state index in [1.807, 2.05) is 0 Å². The number of halogens is 1. The molecule has 0 aromatic rings. The van der Waals surface area contributed by atoms with Crippen molar-refractivity contribution >= 4 is 19.7 Å². The molecule has 1 atom stereocenters. The Balaban J connectivity index is 2.14. The monoisotopic (exact) mass is 255 g/mol. The van der Waals surface area contributed by atoms with Gasteiger partial charge in [-0.2, -0.15) is 0 Å². The highest BCUT2D eigenvalue weighted by atomic mass is 35.7. The van der Waals surface area contributed by atoms with Crippen LogP contribution < -0.4 is 0 Å². The largest absolute Gasteiger partial charge is 0.384 e. The highest BCUT2D eigenvalue weighted by Crippen LogP contribution is 2.16. The summed E-state index contributed by atoms with van der Waals surface area (Å²) in [5.41, 5.74) is 0. The Morgan fingerprint density at radius 2 is 2.27 bits per heavy atom. The van der Waals surface area contributed by atoms with Gasteiger partial charge in [-0.3, -0.25) is 0 Å². The molecule has 6 heteroatoms. The van der Waals surface area contributed by atoms with E-state index in [1.165, 1.54) is 0 Å². The minimum Gasteiger partial charge on any atom is -0.384 e. The Morgan fingerprint density at radius 1 is 1.53 bits per heavy atom. The molecule has 0 radical (unpaired) electrons. The van der Waals surface area contributed by atoms with E-state index in [1.54, 1.807) is 7.11 Å². The van der Waals surface area contributed by atoms with Gasteiger partial charge in [-0.15, -0.1) is 0 Å². The number of methoxy groups -OCH3 is 1. The van der Waals surface area contributed by atoms with E-state index in [0.717, 1.165) is 32.7 Å². The first-order valence-electron chi connectivity index (χ1n) is 5.15. The topological polar surface area (TPSA) is 46.6 Å². The maximum atomic E-state index is 10.7. The Kier molecular flexibility index (Phi) is 5.32. The molecule has 1 fully saturated rings. The molecule has 0 spiro atoms. The zero-order chi connectivity index (χ0) is 11.3. The van der Waals surface area contributed by atoms with Gasteiger partial charge in [0, 0.05) is 24.3 Å². The Morgan fingerprint density at radius 3 is 2.87 bits per heavy atom. The van der Waals surface area contributed by atoms with Crippen molar-refractivity contribution in [2.45, 2.75) is 12.8 Å². The average Bonchev–Trinajstić information content (AvgIpc) is 2.51. The third-order valence-electron chi connectivity index (χ3n) is 2.63. The van der Waals surface area contributed by atoms with Crippen LogP contribution in [0.1, 0.15) is 12.8 Å². The van der Waals surface area contributed by atoms with Crippen LogP contribution in [0.2, 0.25) is 0 Å². The lowest BCUT2D eigenvalue weighted by molar-refractivity contribution is 0.153. The molecule has 0 aromatic carbocycles. The van der Waals surface area contributed by atoms with Gasteiger partial charge < -0.3 is 9.64 Å². The van der Waals surface area contributed by atoms with Crippen molar-refractivity contribution in [3.8, 4) is 0 Å². The second-order valence-corrected chi connectivity index (χ2v) is 6.90. The van der Waals surface area contributed by atoms with Crippen LogP contribution in [0.15, 0.2) is 0 Å². The van der Waals surface area contributed by atoms with Crippen molar-refractivity contribution in [3.63, 3.8) is 0 Å². The third-order valence-corrected chi connectivity index (χ3v) is 3.87. The van der Waals surface area contributed by atoms with Gasteiger partial charge in [0.15, 0.2) is 0 Å². The molecule has 0 amide bonds. The summed E-state index contributed by atoms with van der Waals surface area (Å²) in [6.45, 7) is 3.66. The molecule has 1 aliphatic heterocycles. The van der Waals surface area contributed by atoms with Crippen molar-refractivity contribution in [2.75, 3.05) is 39.1 Å². The van der Waals surface area contributed by atoms with Crippen LogP contribution in [0.25, 0.3) is 0 Å². The van der Waals surface area contributed by atoms with Crippen molar-refractivity contribution in [3.05, 3.63) is 0 Å². The summed E-state index contributed by atoms with van der Waals surface area (Å²) in [5.74, 6) is 0.669. The summed E-state index contributed by atoms with van der Waals surface area (Å²) in [5, 5.41) is 0. The van der Waals surface area contributed by atoms with E-state index in [9.17, 15) is 8.42 Å². The number of nitrogens with zero attached hydrogens (tertiary/aromatic N) is 1. The second kappa shape index (κ2) is 6.03. The van der Waals surface area contributed by atoms with Gasteiger partial charge in [0.2, 0.25) is 9.05 Å². The maximum absolute atomic E-state index is 10.7. The first kappa shape index (κ1) is 13.2. The van der Waals surface area contributed by atoms with E-state index in [0.29, 0.717) is 12.3 Å². The molecular formula is C9H18ClNO3S. The normalized spacial score (nSPS) is 23.5. The fraction of sp³-hybridized carbons (Fsp3) is 1.00. The van der Waals surface area contributed by atoms with E-state index >= 15 is 0 Å². The number of hydrogen-bond acceptors (Lipinski definition) is 4. The van der Waals surface area contributed by atoms with Crippen LogP contribution in [-0.4, -0.2) is 52.4 Å². The number of rotatable bonds is 6. The van der Waals surface area contributed by atoms with E-state index in [4.69, 9.17) is 15.4 Å². The zero-order valence-electron chi connectivity index (χ0n) is 8.99. The summed E-state index contributed by atoms with van der Waals surface area (Å²) in [6.07, 6.45) is 1.76. The second-order valence-electron chi connectivity index (χ2n) is 4.01. The lowest BCUT2D eigenvalue weighted by atomic mass is 10.1. The van der Waals surface area contributed by atoms with E-state index < -0.39 is 9.05 Å². The van der Waals surface area contributed by atoms with Crippen LogP contribution in [0.4, 0.5) is 0 Å². The molecular weight excluding hydrogens is 238 g/mol. The summed E-state index contributed by atoms with van der Waals surface area (Å²) in [6, 6.07) is 0. The van der Waals surface area contributed by atoms with Gasteiger partial charge in [0.25, 0.3) is 0 Å². The molecule has 1 aliphatic rings. The predicted molar refractivity (Wildman–Crippen MR) is 60.7 cm³/mol. The van der Waals surface area contributed by atoms with Gasteiger partial charge in [-0.1, -0.05) is 0 Å². The van der Waals surface area contributed by atoms with Crippen molar-refractivity contribution < 1.29 is 13.2 Å². The molecule has 1 heterocycles. The zero-order valence-corrected chi connectivity index (χ0v) is 10.6. The Hall–Kier alpha value is 0.160. The van der Waals surface area contributed by atoms with Crippen LogP contribution in [0, 0.1) is 5.92 Å². The van der Waals surface area contributed by atoms with E-state index in [-0.39, 0.29) is 5.75 Å². The lowest BCUT2D eigenvalue weighted by Crippen LogP contribution is -2.24. The quantitative estimate of drug-likeness (QED) is 0.662. The molecule has 0 saturated carbocycles. The molecule has 1 saturated heterocycles. The molecule has 15 heavy (non-hydrogen) atoms.